The van der Waals surface area contributed by atoms with Gasteiger partial charge in [0.1, 0.15) is 30.1 Å². The molecule has 89 heavy (non-hydrogen) atoms. The number of hydrogen-bond donors (Lipinski definition) is 2. The van der Waals surface area contributed by atoms with Gasteiger partial charge in [-0.05, 0) is 81.8 Å². The number of fused-ring (bicyclic) bond motifs is 3. The summed E-state index contributed by atoms with van der Waals surface area (Å²) in [5, 5.41) is 20.5. The molecule has 0 saturated heterocycles. The highest BCUT2D eigenvalue weighted by molar-refractivity contribution is 6.37. The summed E-state index contributed by atoms with van der Waals surface area (Å²) in [5.41, 5.74) is 3.38. The minimum atomic E-state index is -0.841. The highest BCUT2D eigenvalue weighted by Gasteiger charge is 2.49. The maximum atomic E-state index is 13.0. The van der Waals surface area contributed by atoms with E-state index in [9.17, 15) is 19.5 Å². The first-order chi connectivity index (χ1) is 41.4. The molecule has 0 radical (unpaired) electrons. The van der Waals surface area contributed by atoms with Crippen LogP contribution in [0.4, 0.5) is 0 Å². The monoisotopic (exact) mass is 1360 g/mol. The number of aliphatic hydroxyl groups excluding tert-OH is 2. The number of pyridine rings is 3. The van der Waals surface area contributed by atoms with Crippen LogP contribution in [0.2, 0.25) is 30.1 Å². The van der Waals surface area contributed by atoms with Crippen molar-refractivity contribution in [1.29, 1.82) is 0 Å². The topological polar surface area (TPSA) is 316 Å². The van der Waals surface area contributed by atoms with Crippen LogP contribution in [0.3, 0.4) is 0 Å². The number of esters is 1. The zero-order chi connectivity index (χ0) is 61.9. The van der Waals surface area contributed by atoms with Gasteiger partial charge in [-0.15, -0.1) is 0 Å². The number of aromatic amines is 3. The van der Waals surface area contributed by atoms with Crippen LogP contribution in [0.15, 0.2) is 73.6 Å². The van der Waals surface area contributed by atoms with E-state index in [2.05, 4.69) is 19.7 Å². The Balaban J connectivity index is 0.000000225. The largest absolute Gasteiger partial charge is 0.870 e. The number of nitrogens with one attached hydrogen (secondary N) is 3. The second kappa shape index (κ2) is 32.6. The molecule has 3 aromatic carbocycles. The predicted octanol–water partition coefficient (Wildman–Crippen LogP) is 12.3. The fourth-order valence-electron chi connectivity index (χ4n) is 10.9. The van der Waals surface area contributed by atoms with Crippen molar-refractivity contribution in [3.05, 3.63) is 137 Å². The number of Topliss-reactive ketones (excluding diaryl/α,β-unsaturated/α-hetero) is 2. The molecule has 27 heteroatoms. The van der Waals surface area contributed by atoms with Gasteiger partial charge < -0.3 is 74.0 Å². The number of carbonyl (C=O) groups excluding carboxylic acids is 3. The first kappa shape index (κ1) is 73.4. The Hall–Kier alpha value is -6.34. The third kappa shape index (κ3) is 16.6. The molecule has 3 aliphatic heterocycles. The van der Waals surface area contributed by atoms with Crippen LogP contribution in [-0.2, 0) is 28.8 Å². The van der Waals surface area contributed by atoms with E-state index in [1.165, 1.54) is 6.92 Å². The number of ether oxygens (including phenoxy) is 10. The number of aromatic nitrogens is 3. The van der Waals surface area contributed by atoms with Crippen LogP contribution >= 0.6 is 69.6 Å². The van der Waals surface area contributed by atoms with E-state index in [-0.39, 0.29) is 53.2 Å². The van der Waals surface area contributed by atoms with Crippen molar-refractivity contribution in [1.82, 2.24) is 0 Å². The molecule has 6 aliphatic rings. The molecule has 0 bridgehead atoms. The van der Waals surface area contributed by atoms with Gasteiger partial charge in [0, 0.05) is 94.1 Å². The summed E-state index contributed by atoms with van der Waals surface area (Å²) in [6.07, 6.45) is 20.3. The van der Waals surface area contributed by atoms with E-state index in [1.54, 1.807) is 102 Å². The molecule has 1 unspecified atom stereocenters. The van der Waals surface area contributed by atoms with Crippen molar-refractivity contribution in [3.63, 3.8) is 0 Å². The minimum absolute atomic E-state index is 0. The molecule has 3 saturated carbocycles. The maximum Gasteiger partial charge on any atom is 0.302 e. The molecule has 12 rings (SSSR count). The van der Waals surface area contributed by atoms with Crippen molar-refractivity contribution in [3.8, 4) is 51.7 Å². The van der Waals surface area contributed by atoms with Crippen LogP contribution in [0, 0.1) is 0 Å². The highest BCUT2D eigenvalue weighted by Crippen LogP contribution is 2.56. The first-order valence-corrected chi connectivity index (χ1v) is 30.2. The lowest BCUT2D eigenvalue weighted by atomic mass is 10.0. The molecular weight excluding hydrogens is 1290 g/mol. The molecule has 3 aromatic heterocycles. The lowest BCUT2D eigenvalue weighted by Crippen LogP contribution is -2.34. The predicted molar refractivity (Wildman–Crippen MR) is 326 cm³/mol. The van der Waals surface area contributed by atoms with Gasteiger partial charge in [0.2, 0.25) is 17.2 Å². The number of methoxy groups -OCH3 is 3. The smallest absolute Gasteiger partial charge is 0.302 e. The highest BCUT2D eigenvalue weighted by atomic mass is 35.5. The molecule has 3 fully saturated rings. The Morgan fingerprint density at radius 3 is 1.08 bits per heavy atom. The number of aliphatic hydroxyl groups is 2. The van der Waals surface area contributed by atoms with Gasteiger partial charge in [-0.3, -0.25) is 14.4 Å². The van der Waals surface area contributed by atoms with E-state index in [1.807, 2.05) is 0 Å². The zero-order valence-electron chi connectivity index (χ0n) is 49.6. The molecule has 6 aromatic rings. The van der Waals surface area contributed by atoms with Crippen molar-refractivity contribution in [2.75, 3.05) is 35.0 Å². The Bertz CT molecular complexity index is 3230. The van der Waals surface area contributed by atoms with Crippen molar-refractivity contribution < 1.29 is 103 Å². The third-order valence-corrected chi connectivity index (χ3v) is 17.1. The summed E-state index contributed by atoms with van der Waals surface area (Å²) in [6.45, 7) is 3.65. The van der Waals surface area contributed by atoms with E-state index >= 15 is 0 Å². The number of benzene rings is 3. The summed E-state index contributed by atoms with van der Waals surface area (Å²) in [7, 11) is 5.73. The van der Waals surface area contributed by atoms with Gasteiger partial charge in [-0.25, -0.2) is 15.0 Å². The number of rotatable bonds is 13. The van der Waals surface area contributed by atoms with Crippen molar-refractivity contribution in [2.24, 2.45) is 0 Å². The number of halogens is 6. The Labute approximate surface area is 544 Å². The zero-order valence-corrected chi connectivity index (χ0v) is 54.2. The van der Waals surface area contributed by atoms with E-state index in [0.29, 0.717) is 122 Å². The minimum Gasteiger partial charge on any atom is -0.870 e. The number of H-pyrrole nitrogens is 3. The van der Waals surface area contributed by atoms with Crippen LogP contribution in [0.5, 0.6) is 51.7 Å². The van der Waals surface area contributed by atoms with Gasteiger partial charge in [0.25, 0.3) is 17.4 Å². The molecule has 0 amide bonds. The Kier molecular flexibility index (Phi) is 26.9. The lowest BCUT2D eigenvalue weighted by molar-refractivity contribution is -0.378. The molecule has 3 aliphatic carbocycles. The summed E-state index contributed by atoms with van der Waals surface area (Å²) < 4.78 is 57.5. The molecular formula is C62H71Cl6N3O18. The fourth-order valence-corrected chi connectivity index (χ4v) is 12.5. The summed E-state index contributed by atoms with van der Waals surface area (Å²) in [4.78, 5) is 44.3. The standard InChI is InChI=1S/C19H19Cl2NO4.2C19H17Cl2NO4.C4H8O2.CH4O.3H2O/c3*1-24-16-5-4-11(15(23)8-12-13(20)9-22-10-14(12)21)17-18(16)26-19(25-17)6-2-3-7-19;1-3-6-4(2)5;1-2;;;/h4-5,9-10,15,23H,2-3,6-8H2,1H3;2*4-5,9-10H,2-3,6-8H2,1H3;3H2,1-2H3;2H,1H3;3*1H2. The summed E-state index contributed by atoms with van der Waals surface area (Å²) in [6, 6.07) is 10.5. The van der Waals surface area contributed by atoms with Crippen molar-refractivity contribution in [2.45, 2.75) is 134 Å². The lowest BCUT2D eigenvalue weighted by Gasteiger charge is -2.22. The average Bonchev–Trinajstić information content (AvgIpc) is 1.67. The number of ketones is 2. The SMILES string of the molecule is CCOC(C)=O.CO.COc1ccc(C(=O)Cc2c(Cl)c[nH+]cc2Cl)c2c1OC1(CCCC1)O2.COc1ccc(C(=O)Cc2c(Cl)c[nH+]cc2Cl)c2c1OC1(CCCC1)O2.COc1ccc(C(O)Cc2c(Cl)c[nH+]cc2Cl)c2c1OC1(CCCC1)O2.[OH-].[OH-].[OH-]. The van der Waals surface area contributed by atoms with Crippen LogP contribution in [0.1, 0.15) is 140 Å². The van der Waals surface area contributed by atoms with Gasteiger partial charge in [0.05, 0.1) is 45.2 Å². The fraction of sp³-hybridized carbons (Fsp3) is 0.419. The second-order valence-electron chi connectivity index (χ2n) is 20.7. The molecule has 21 nitrogen and oxygen atoms in total. The normalized spacial score (nSPS) is 15.8. The van der Waals surface area contributed by atoms with Gasteiger partial charge in [-0.2, -0.15) is 0 Å². The summed E-state index contributed by atoms with van der Waals surface area (Å²) in [5.74, 6) is 2.25. The Morgan fingerprint density at radius 1 is 0.483 bits per heavy atom. The molecule has 8 N–H and O–H groups in total. The summed E-state index contributed by atoms with van der Waals surface area (Å²) >= 11 is 37.2. The molecule has 1 atom stereocenters. The number of carbonyl (C=O) groups is 3. The average molecular weight is 1360 g/mol. The third-order valence-electron chi connectivity index (χ3n) is 15.1. The Morgan fingerprint density at radius 2 is 0.775 bits per heavy atom. The molecule has 484 valence electrons. The van der Waals surface area contributed by atoms with Gasteiger partial charge in [0.15, 0.2) is 83.2 Å². The van der Waals surface area contributed by atoms with E-state index < -0.39 is 23.5 Å². The second-order valence-corrected chi connectivity index (χ2v) is 23.1. The first-order valence-electron chi connectivity index (χ1n) is 28.0. The molecule has 6 heterocycles. The van der Waals surface area contributed by atoms with Crippen LogP contribution in [-0.4, -0.2) is 96.6 Å². The van der Waals surface area contributed by atoms with E-state index in [4.69, 9.17) is 117 Å². The van der Waals surface area contributed by atoms with Crippen LogP contribution in [0.25, 0.3) is 0 Å². The van der Waals surface area contributed by atoms with Crippen molar-refractivity contribution >= 4 is 87.1 Å². The van der Waals surface area contributed by atoms with Gasteiger partial charge >= 0.3 is 5.97 Å². The van der Waals surface area contributed by atoms with Gasteiger partial charge in [-0.1, -0.05) is 69.6 Å². The maximum absolute atomic E-state index is 13.0. The quantitative estimate of drug-likeness (QED) is 0.0801. The van der Waals surface area contributed by atoms with E-state index in [0.717, 1.165) is 84.2 Å². The number of hydrogen-bond acceptors (Lipinski definition) is 18. The molecule has 3 spiro atoms. The van der Waals surface area contributed by atoms with Crippen LogP contribution < -0.4 is 57.6 Å².